The molecule has 0 aromatic carbocycles. The van der Waals surface area contributed by atoms with E-state index < -0.39 is 0 Å². The fraction of sp³-hybridized carbons (Fsp3) is 0.500. The zero-order chi connectivity index (χ0) is 15.4. The van der Waals surface area contributed by atoms with Crippen LogP contribution in [0.5, 0.6) is 5.88 Å². The highest BCUT2D eigenvalue weighted by Crippen LogP contribution is 2.19. The van der Waals surface area contributed by atoms with E-state index in [2.05, 4.69) is 10.3 Å². The average molecular weight is 293 g/mol. The number of nitrogens with zero attached hydrogens (tertiary/aromatic N) is 2. The molecule has 0 aliphatic carbocycles. The van der Waals surface area contributed by atoms with Crippen LogP contribution in [0.3, 0.4) is 0 Å². The first-order chi connectivity index (χ1) is 10.0. The molecule has 1 aromatic rings. The summed E-state index contributed by atoms with van der Waals surface area (Å²) in [5, 5.41) is 12.1. The summed E-state index contributed by atoms with van der Waals surface area (Å²) >= 11 is 0. The summed E-state index contributed by atoms with van der Waals surface area (Å²) in [5.41, 5.74) is 0.455. The van der Waals surface area contributed by atoms with Crippen LogP contribution in [0.25, 0.3) is 0 Å². The van der Waals surface area contributed by atoms with Crippen LogP contribution in [0.2, 0.25) is 0 Å². The maximum atomic E-state index is 12.4. The molecule has 7 nitrogen and oxygen atoms in total. The van der Waals surface area contributed by atoms with Crippen molar-refractivity contribution in [3.63, 3.8) is 0 Å². The Hall–Kier alpha value is -2.15. The first kappa shape index (κ1) is 15.2. The van der Waals surface area contributed by atoms with Crippen LogP contribution < -0.4 is 10.1 Å². The lowest BCUT2D eigenvalue weighted by molar-refractivity contribution is -0.119. The molecule has 2 N–H and O–H groups in total. The quantitative estimate of drug-likeness (QED) is 0.792. The van der Waals surface area contributed by atoms with E-state index in [1.54, 1.807) is 17.0 Å². The number of aromatic nitrogens is 1. The minimum absolute atomic E-state index is 0.0738. The normalized spacial score (nSPS) is 21.2. The van der Waals surface area contributed by atoms with E-state index in [1.165, 1.54) is 20.2 Å². The molecule has 114 valence electrons. The number of rotatable bonds is 4. The van der Waals surface area contributed by atoms with Crippen molar-refractivity contribution >= 4 is 11.8 Å². The van der Waals surface area contributed by atoms with Crippen molar-refractivity contribution in [2.24, 2.45) is 5.92 Å². The maximum absolute atomic E-state index is 12.4. The lowest BCUT2D eigenvalue weighted by atomic mass is 10.1. The number of amides is 2. The van der Waals surface area contributed by atoms with Crippen molar-refractivity contribution in [3.05, 3.63) is 23.9 Å². The predicted molar refractivity (Wildman–Crippen MR) is 74.9 cm³/mol. The molecular formula is C14H19N3O4. The predicted octanol–water partition coefficient (Wildman–Crippen LogP) is -0.341. The number of ether oxygens (including phenoxy) is 1. The third kappa shape index (κ3) is 3.49. The van der Waals surface area contributed by atoms with Gasteiger partial charge in [-0.15, -0.1) is 0 Å². The molecule has 0 saturated carbocycles. The van der Waals surface area contributed by atoms with E-state index in [9.17, 15) is 14.7 Å². The lowest BCUT2D eigenvalue weighted by Crippen LogP contribution is -2.40. The second kappa shape index (κ2) is 6.53. The van der Waals surface area contributed by atoms with Gasteiger partial charge in [0.25, 0.3) is 5.91 Å². The van der Waals surface area contributed by atoms with Crippen LogP contribution in [-0.2, 0) is 4.79 Å². The Morgan fingerprint density at radius 2 is 2.24 bits per heavy atom. The summed E-state index contributed by atoms with van der Waals surface area (Å²) in [5.74, 6) is -0.0447. The Labute approximate surface area is 122 Å². The average Bonchev–Trinajstić information content (AvgIpc) is 2.88. The number of aliphatic hydroxyl groups excluding tert-OH is 1. The summed E-state index contributed by atoms with van der Waals surface area (Å²) in [6.45, 7) is 2.14. The first-order valence-corrected chi connectivity index (χ1v) is 6.72. The number of pyridine rings is 1. The second-order valence-corrected chi connectivity index (χ2v) is 5.05. The summed E-state index contributed by atoms with van der Waals surface area (Å²) in [7, 11) is 1.51. The van der Waals surface area contributed by atoms with Gasteiger partial charge in [-0.3, -0.25) is 9.59 Å². The first-order valence-electron chi connectivity index (χ1n) is 6.72. The number of hydrogen-bond acceptors (Lipinski definition) is 5. The fourth-order valence-electron chi connectivity index (χ4n) is 2.46. The van der Waals surface area contributed by atoms with Crippen molar-refractivity contribution < 1.29 is 19.4 Å². The molecule has 1 aliphatic heterocycles. The van der Waals surface area contributed by atoms with Crippen LogP contribution in [-0.4, -0.2) is 59.7 Å². The molecule has 0 bridgehead atoms. The highest BCUT2D eigenvalue weighted by atomic mass is 16.5. The van der Waals surface area contributed by atoms with Gasteiger partial charge in [-0.1, -0.05) is 0 Å². The highest BCUT2D eigenvalue weighted by Gasteiger charge is 2.35. The fourth-order valence-corrected chi connectivity index (χ4v) is 2.46. The standard InChI is InChI=1S/C14H19N3O4/c1-9(19)16-12-7-17(6-11(12)8-18)14(20)10-3-4-13(21-2)15-5-10/h3-5,11-12,18H,6-8H2,1-2H3,(H,16,19)/t11-,12+/m0/s1. The van der Waals surface area contributed by atoms with E-state index in [0.29, 0.717) is 24.5 Å². The third-order valence-corrected chi connectivity index (χ3v) is 3.54. The summed E-state index contributed by atoms with van der Waals surface area (Å²) in [6, 6.07) is 3.05. The van der Waals surface area contributed by atoms with E-state index in [1.807, 2.05) is 0 Å². The van der Waals surface area contributed by atoms with Crippen molar-refractivity contribution in [1.82, 2.24) is 15.2 Å². The van der Waals surface area contributed by atoms with Crippen LogP contribution in [0.1, 0.15) is 17.3 Å². The second-order valence-electron chi connectivity index (χ2n) is 5.05. The molecule has 2 amide bonds. The lowest BCUT2D eigenvalue weighted by Gasteiger charge is -2.16. The Morgan fingerprint density at radius 3 is 2.76 bits per heavy atom. The summed E-state index contributed by atoms with van der Waals surface area (Å²) < 4.78 is 4.95. The van der Waals surface area contributed by atoms with Gasteiger partial charge < -0.3 is 20.1 Å². The molecule has 21 heavy (non-hydrogen) atoms. The SMILES string of the molecule is COc1ccc(C(=O)N2C[C@@H](CO)[C@H](NC(C)=O)C2)cn1. The van der Waals surface area contributed by atoms with Crippen molar-refractivity contribution in [2.45, 2.75) is 13.0 Å². The van der Waals surface area contributed by atoms with E-state index >= 15 is 0 Å². The Kier molecular flexibility index (Phi) is 4.74. The molecule has 1 saturated heterocycles. The molecular weight excluding hydrogens is 274 g/mol. The smallest absolute Gasteiger partial charge is 0.255 e. The van der Waals surface area contributed by atoms with Crippen molar-refractivity contribution in [2.75, 3.05) is 26.8 Å². The van der Waals surface area contributed by atoms with Crippen LogP contribution in [0.15, 0.2) is 18.3 Å². The van der Waals surface area contributed by atoms with Crippen LogP contribution >= 0.6 is 0 Å². The Balaban J connectivity index is 2.07. The van der Waals surface area contributed by atoms with E-state index in [-0.39, 0.29) is 30.4 Å². The molecule has 0 unspecified atom stereocenters. The number of carbonyl (C=O) groups excluding carboxylic acids is 2. The van der Waals surface area contributed by atoms with Gasteiger partial charge in [0, 0.05) is 44.8 Å². The van der Waals surface area contributed by atoms with Crippen molar-refractivity contribution in [3.8, 4) is 5.88 Å². The highest BCUT2D eigenvalue weighted by molar-refractivity contribution is 5.94. The van der Waals surface area contributed by atoms with Gasteiger partial charge in [-0.05, 0) is 6.07 Å². The molecule has 7 heteroatoms. The molecule has 2 rings (SSSR count). The molecule has 1 aliphatic rings. The molecule has 2 atom stereocenters. The molecule has 1 fully saturated rings. The third-order valence-electron chi connectivity index (χ3n) is 3.54. The maximum Gasteiger partial charge on any atom is 0.255 e. The zero-order valence-electron chi connectivity index (χ0n) is 12.1. The molecule has 2 heterocycles. The van der Waals surface area contributed by atoms with Gasteiger partial charge in [0.1, 0.15) is 0 Å². The van der Waals surface area contributed by atoms with Gasteiger partial charge in [-0.2, -0.15) is 0 Å². The van der Waals surface area contributed by atoms with Gasteiger partial charge >= 0.3 is 0 Å². The number of aliphatic hydroxyl groups is 1. The minimum Gasteiger partial charge on any atom is -0.481 e. The largest absolute Gasteiger partial charge is 0.481 e. The van der Waals surface area contributed by atoms with Gasteiger partial charge in [0.05, 0.1) is 18.7 Å². The van der Waals surface area contributed by atoms with E-state index in [0.717, 1.165) is 0 Å². The monoisotopic (exact) mass is 293 g/mol. The van der Waals surface area contributed by atoms with Gasteiger partial charge in [0.15, 0.2) is 0 Å². The Morgan fingerprint density at radius 1 is 1.48 bits per heavy atom. The van der Waals surface area contributed by atoms with Crippen LogP contribution in [0, 0.1) is 5.92 Å². The topological polar surface area (TPSA) is 91.8 Å². The number of hydrogen-bond donors (Lipinski definition) is 2. The molecule has 1 aromatic heterocycles. The number of nitrogens with one attached hydrogen (secondary N) is 1. The zero-order valence-corrected chi connectivity index (χ0v) is 12.1. The molecule has 0 spiro atoms. The number of methoxy groups -OCH3 is 1. The van der Waals surface area contributed by atoms with Crippen molar-refractivity contribution in [1.29, 1.82) is 0 Å². The van der Waals surface area contributed by atoms with Crippen LogP contribution in [0.4, 0.5) is 0 Å². The number of carbonyl (C=O) groups is 2. The van der Waals surface area contributed by atoms with Gasteiger partial charge in [-0.25, -0.2) is 4.98 Å². The van der Waals surface area contributed by atoms with Gasteiger partial charge in [0.2, 0.25) is 11.8 Å². The minimum atomic E-state index is -0.220. The number of likely N-dealkylation sites (tertiary alicyclic amines) is 1. The molecule has 0 radical (unpaired) electrons. The Bertz CT molecular complexity index is 517. The van der Waals surface area contributed by atoms with E-state index in [4.69, 9.17) is 4.74 Å². The summed E-state index contributed by atoms with van der Waals surface area (Å²) in [4.78, 5) is 29.2. The summed E-state index contributed by atoms with van der Waals surface area (Å²) in [6.07, 6.45) is 1.46.